The number of carbonyl (C=O) groups excluding carboxylic acids is 2. The summed E-state index contributed by atoms with van der Waals surface area (Å²) < 4.78 is 11.1. The molecule has 0 bridgehead atoms. The van der Waals surface area contributed by atoms with E-state index in [1.54, 1.807) is 29.0 Å². The molecule has 2 heterocycles. The highest BCUT2D eigenvalue weighted by Gasteiger charge is 2.41. The van der Waals surface area contributed by atoms with Crippen LogP contribution in [0.25, 0.3) is 0 Å². The number of hydrogen-bond donors (Lipinski definition) is 2. The van der Waals surface area contributed by atoms with Crippen LogP contribution in [-0.2, 0) is 4.79 Å². The maximum atomic E-state index is 13.0. The van der Waals surface area contributed by atoms with Crippen molar-refractivity contribution in [2.75, 3.05) is 38.8 Å². The Kier molecular flexibility index (Phi) is 5.74. The first-order valence-corrected chi connectivity index (χ1v) is 9.31. The first kappa shape index (κ1) is 19.3. The number of aliphatic hydroxyl groups is 1. The Bertz CT molecular complexity index is 724. The number of rotatable bonds is 6. The highest BCUT2D eigenvalue weighted by atomic mass is 16.5. The number of aliphatic hydroxyl groups excluding tert-OH is 1. The summed E-state index contributed by atoms with van der Waals surface area (Å²) in [6.45, 7) is 3.26. The maximum absolute atomic E-state index is 13.0. The molecule has 8 heteroatoms. The van der Waals surface area contributed by atoms with Crippen LogP contribution >= 0.6 is 0 Å². The summed E-state index contributed by atoms with van der Waals surface area (Å²) in [6.07, 6.45) is 1.10. The molecule has 2 amide bonds. The highest BCUT2D eigenvalue weighted by molar-refractivity contribution is 6.02. The molecule has 3 rings (SSSR count). The van der Waals surface area contributed by atoms with Gasteiger partial charge < -0.3 is 29.7 Å². The Morgan fingerprint density at radius 3 is 2.85 bits per heavy atom. The molecular weight excluding hydrogens is 350 g/mol. The maximum Gasteiger partial charge on any atom is 0.256 e. The van der Waals surface area contributed by atoms with E-state index in [9.17, 15) is 14.7 Å². The number of anilines is 1. The van der Waals surface area contributed by atoms with Gasteiger partial charge >= 0.3 is 0 Å². The van der Waals surface area contributed by atoms with E-state index in [4.69, 9.17) is 9.47 Å². The van der Waals surface area contributed by atoms with Gasteiger partial charge in [0, 0.05) is 26.2 Å². The predicted octanol–water partition coefficient (Wildman–Crippen LogP) is 0.973. The average molecular weight is 377 g/mol. The van der Waals surface area contributed by atoms with Gasteiger partial charge in [0.2, 0.25) is 5.91 Å². The minimum Gasteiger partial charge on any atom is -0.493 e. The molecule has 1 fully saturated rings. The van der Waals surface area contributed by atoms with Crippen molar-refractivity contribution in [3.63, 3.8) is 0 Å². The minimum absolute atomic E-state index is 0.0884. The molecule has 0 saturated carbocycles. The van der Waals surface area contributed by atoms with Gasteiger partial charge in [-0.15, -0.1) is 0 Å². The summed E-state index contributed by atoms with van der Waals surface area (Å²) in [7, 11) is 3.28. The molecule has 27 heavy (non-hydrogen) atoms. The molecule has 0 aliphatic carbocycles. The van der Waals surface area contributed by atoms with Crippen molar-refractivity contribution in [2.24, 2.45) is 0 Å². The van der Waals surface area contributed by atoms with E-state index in [1.165, 1.54) is 7.11 Å². The van der Waals surface area contributed by atoms with E-state index in [2.05, 4.69) is 5.32 Å². The number of benzene rings is 1. The molecule has 0 unspecified atom stereocenters. The zero-order valence-electron chi connectivity index (χ0n) is 16.0. The lowest BCUT2D eigenvalue weighted by molar-refractivity contribution is -0.121. The summed E-state index contributed by atoms with van der Waals surface area (Å²) in [5, 5.41) is 13.4. The smallest absolute Gasteiger partial charge is 0.256 e. The van der Waals surface area contributed by atoms with Gasteiger partial charge in [0.1, 0.15) is 6.23 Å². The highest BCUT2D eigenvalue weighted by Crippen LogP contribution is 2.40. The molecule has 1 aromatic rings. The predicted molar refractivity (Wildman–Crippen MR) is 100 cm³/mol. The lowest BCUT2D eigenvalue weighted by Crippen LogP contribution is -2.47. The number of carbonyl (C=O) groups is 2. The third-order valence-corrected chi connectivity index (χ3v) is 5.15. The molecule has 2 N–H and O–H groups in total. The lowest BCUT2D eigenvalue weighted by Gasteiger charge is -2.31. The van der Waals surface area contributed by atoms with Crippen LogP contribution in [0.5, 0.6) is 11.5 Å². The summed E-state index contributed by atoms with van der Waals surface area (Å²) in [5.41, 5.74) is 1.07. The first-order chi connectivity index (χ1) is 13.0. The second-order valence-corrected chi connectivity index (χ2v) is 6.80. The number of hydrogen-bond acceptors (Lipinski definition) is 6. The van der Waals surface area contributed by atoms with Crippen molar-refractivity contribution in [3.8, 4) is 11.5 Å². The van der Waals surface area contributed by atoms with Gasteiger partial charge in [-0.2, -0.15) is 0 Å². The van der Waals surface area contributed by atoms with Crippen LogP contribution in [0.3, 0.4) is 0 Å². The third-order valence-electron chi connectivity index (χ3n) is 5.15. The monoisotopic (exact) mass is 377 g/mol. The summed E-state index contributed by atoms with van der Waals surface area (Å²) >= 11 is 0. The van der Waals surface area contributed by atoms with Crippen LogP contribution in [0.15, 0.2) is 12.1 Å². The fourth-order valence-electron chi connectivity index (χ4n) is 3.73. The lowest BCUT2D eigenvalue weighted by atomic mass is 10.1. The Labute approximate surface area is 159 Å². The van der Waals surface area contributed by atoms with Crippen molar-refractivity contribution in [1.29, 1.82) is 0 Å². The molecule has 0 aromatic heterocycles. The van der Waals surface area contributed by atoms with Gasteiger partial charge in [-0.1, -0.05) is 0 Å². The van der Waals surface area contributed by atoms with E-state index in [-0.39, 0.29) is 30.9 Å². The number of amides is 2. The van der Waals surface area contributed by atoms with E-state index in [0.29, 0.717) is 35.8 Å². The average Bonchev–Trinajstić information content (AvgIpc) is 3.13. The fraction of sp³-hybridized carbons (Fsp3) is 0.579. The van der Waals surface area contributed by atoms with Gasteiger partial charge in [0.25, 0.3) is 5.91 Å². The molecule has 148 valence electrons. The normalized spacial score (nSPS) is 21.4. The Morgan fingerprint density at radius 1 is 1.37 bits per heavy atom. The number of fused-ring (bicyclic) bond motifs is 2. The van der Waals surface area contributed by atoms with Gasteiger partial charge in [0.15, 0.2) is 11.5 Å². The molecule has 2 atom stereocenters. The standard InChI is InChI=1S/C19H27N3O5/c1-4-20-17(23)7-9-27-16-11-14-12(10-15(16)26-3)18(24)22-8-5-6-13(22)19(25)21(14)2/h10-11,13,19,25H,4-9H2,1-3H3,(H,20,23)/t13-,19-/m0/s1. The minimum atomic E-state index is -0.783. The Balaban J connectivity index is 1.88. The molecule has 2 aliphatic heterocycles. The Morgan fingerprint density at radius 2 is 2.15 bits per heavy atom. The van der Waals surface area contributed by atoms with Crippen LogP contribution in [0.4, 0.5) is 5.69 Å². The SMILES string of the molecule is CCNC(=O)CCOc1cc2c(cc1OC)C(=O)N1CCC[C@H]1[C@H](O)N2C. The van der Waals surface area contributed by atoms with Crippen LogP contribution in [-0.4, -0.2) is 67.9 Å². The van der Waals surface area contributed by atoms with Crippen molar-refractivity contribution < 1.29 is 24.2 Å². The van der Waals surface area contributed by atoms with E-state index in [1.807, 2.05) is 6.92 Å². The van der Waals surface area contributed by atoms with Crippen molar-refractivity contribution in [3.05, 3.63) is 17.7 Å². The molecule has 0 radical (unpaired) electrons. The zero-order valence-corrected chi connectivity index (χ0v) is 16.0. The summed E-state index contributed by atoms with van der Waals surface area (Å²) in [4.78, 5) is 28.1. The van der Waals surface area contributed by atoms with Crippen LogP contribution in [0.1, 0.15) is 36.5 Å². The molecule has 8 nitrogen and oxygen atoms in total. The van der Waals surface area contributed by atoms with Gasteiger partial charge in [0.05, 0.1) is 37.4 Å². The molecule has 0 spiro atoms. The van der Waals surface area contributed by atoms with Crippen LogP contribution < -0.4 is 19.7 Å². The van der Waals surface area contributed by atoms with E-state index < -0.39 is 6.23 Å². The molecular formula is C19H27N3O5. The van der Waals surface area contributed by atoms with Crippen LogP contribution in [0, 0.1) is 0 Å². The number of likely N-dealkylation sites (N-methyl/N-ethyl adjacent to an activating group) is 1. The number of methoxy groups -OCH3 is 1. The third kappa shape index (κ3) is 3.66. The van der Waals surface area contributed by atoms with Gasteiger partial charge in [-0.05, 0) is 25.8 Å². The summed E-state index contributed by atoms with van der Waals surface area (Å²) in [6, 6.07) is 3.14. The quantitative estimate of drug-likeness (QED) is 0.768. The largest absolute Gasteiger partial charge is 0.493 e. The van der Waals surface area contributed by atoms with Crippen molar-refractivity contribution in [1.82, 2.24) is 10.2 Å². The molecule has 2 aliphatic rings. The second kappa shape index (κ2) is 8.04. The van der Waals surface area contributed by atoms with Gasteiger partial charge in [-0.3, -0.25) is 9.59 Å². The molecule has 1 aromatic carbocycles. The van der Waals surface area contributed by atoms with E-state index >= 15 is 0 Å². The fourth-order valence-corrected chi connectivity index (χ4v) is 3.73. The Hall–Kier alpha value is -2.48. The van der Waals surface area contributed by atoms with E-state index in [0.717, 1.165) is 12.8 Å². The summed E-state index contributed by atoms with van der Waals surface area (Å²) in [5.74, 6) is 0.672. The number of ether oxygens (including phenoxy) is 2. The number of nitrogens with one attached hydrogen (secondary N) is 1. The topological polar surface area (TPSA) is 91.3 Å². The van der Waals surface area contributed by atoms with Crippen LogP contribution in [0.2, 0.25) is 0 Å². The zero-order chi connectivity index (χ0) is 19.6. The second-order valence-electron chi connectivity index (χ2n) is 6.80. The molecule has 1 saturated heterocycles. The first-order valence-electron chi connectivity index (χ1n) is 9.31. The van der Waals surface area contributed by atoms with Crippen molar-refractivity contribution in [2.45, 2.75) is 38.5 Å². The van der Waals surface area contributed by atoms with Gasteiger partial charge in [-0.25, -0.2) is 0 Å². The van der Waals surface area contributed by atoms with Crippen molar-refractivity contribution >= 4 is 17.5 Å². The number of nitrogens with zero attached hydrogens (tertiary/aromatic N) is 2.